The van der Waals surface area contributed by atoms with Gasteiger partial charge in [-0.3, -0.25) is 24.3 Å². The number of carbonyl (C=O) groups is 2. The summed E-state index contributed by atoms with van der Waals surface area (Å²) >= 11 is 6.13. The highest BCUT2D eigenvalue weighted by molar-refractivity contribution is 6.34. The van der Waals surface area contributed by atoms with Gasteiger partial charge in [0, 0.05) is 12.3 Å². The number of aryl methyl sites for hydroxylation is 2. The molecule has 9 nitrogen and oxygen atoms in total. The zero-order valence-electron chi connectivity index (χ0n) is 14.7. The van der Waals surface area contributed by atoms with E-state index in [2.05, 4.69) is 10.1 Å². The van der Waals surface area contributed by atoms with E-state index in [1.807, 2.05) is 13.0 Å². The zero-order chi connectivity index (χ0) is 20.3. The summed E-state index contributed by atoms with van der Waals surface area (Å²) in [5.41, 5.74) is -0.0759. The number of carbonyl (C=O) groups excluding carboxylic acids is 2. The number of esters is 1. The summed E-state index contributed by atoms with van der Waals surface area (Å²) in [6.45, 7) is 3.05. The van der Waals surface area contributed by atoms with Crippen molar-refractivity contribution in [2.45, 2.75) is 20.4 Å². The molecule has 1 aromatic carbocycles. The van der Waals surface area contributed by atoms with Gasteiger partial charge in [0.15, 0.2) is 0 Å². The van der Waals surface area contributed by atoms with E-state index in [9.17, 15) is 24.5 Å². The van der Waals surface area contributed by atoms with Crippen LogP contribution >= 0.6 is 11.6 Å². The molecule has 0 fully saturated rings. The van der Waals surface area contributed by atoms with E-state index in [-0.39, 0.29) is 5.56 Å². The van der Waals surface area contributed by atoms with Crippen molar-refractivity contribution in [1.82, 2.24) is 4.57 Å². The number of benzene rings is 1. The first kappa shape index (κ1) is 20.1. The molecular formula is C17H16ClN3O6. The summed E-state index contributed by atoms with van der Waals surface area (Å²) in [6.07, 6.45) is 1.03. The van der Waals surface area contributed by atoms with Gasteiger partial charge in [0.25, 0.3) is 0 Å². The molecule has 0 saturated carbocycles. The van der Waals surface area contributed by atoms with Crippen LogP contribution in [0.25, 0.3) is 0 Å². The maximum atomic E-state index is 12.3. The summed E-state index contributed by atoms with van der Waals surface area (Å²) in [5.74, 6) is -1.51. The highest BCUT2D eigenvalue weighted by atomic mass is 35.5. The van der Waals surface area contributed by atoms with Crippen molar-refractivity contribution in [2.75, 3.05) is 12.4 Å². The molecule has 1 heterocycles. The predicted octanol–water partition coefficient (Wildman–Crippen LogP) is 2.45. The number of rotatable bonds is 5. The lowest BCUT2D eigenvalue weighted by Gasteiger charge is -2.13. The fourth-order valence-electron chi connectivity index (χ4n) is 2.51. The van der Waals surface area contributed by atoms with E-state index in [0.29, 0.717) is 10.7 Å². The number of hydrogen-bond acceptors (Lipinski definition) is 6. The smallest absolute Gasteiger partial charge is 0.339 e. The van der Waals surface area contributed by atoms with Gasteiger partial charge in [0.1, 0.15) is 6.54 Å². The lowest BCUT2D eigenvalue weighted by molar-refractivity contribution is -0.386. The predicted molar refractivity (Wildman–Crippen MR) is 98.3 cm³/mol. The second-order valence-corrected chi connectivity index (χ2v) is 6.19. The fraction of sp³-hybridized carbons (Fsp3) is 0.235. The topological polar surface area (TPSA) is 121 Å². The van der Waals surface area contributed by atoms with Gasteiger partial charge < -0.3 is 10.1 Å². The van der Waals surface area contributed by atoms with Gasteiger partial charge >= 0.3 is 17.2 Å². The highest BCUT2D eigenvalue weighted by Crippen LogP contribution is 2.27. The lowest BCUT2D eigenvalue weighted by atomic mass is 10.1. The lowest BCUT2D eigenvalue weighted by Crippen LogP contribution is -2.30. The summed E-state index contributed by atoms with van der Waals surface area (Å²) in [6, 6.07) is 4.29. The molecule has 10 heteroatoms. The Bertz CT molecular complexity index is 976. The molecule has 0 atom stereocenters. The minimum Gasteiger partial charge on any atom is -0.465 e. The quantitative estimate of drug-likeness (QED) is 0.473. The number of amides is 1. The summed E-state index contributed by atoms with van der Waals surface area (Å²) in [4.78, 5) is 46.3. The monoisotopic (exact) mass is 393 g/mol. The van der Waals surface area contributed by atoms with Crippen LogP contribution in [0.3, 0.4) is 0 Å². The van der Waals surface area contributed by atoms with Crippen molar-refractivity contribution in [3.05, 3.63) is 66.6 Å². The normalized spacial score (nSPS) is 10.4. The van der Waals surface area contributed by atoms with Crippen molar-refractivity contribution in [2.24, 2.45) is 0 Å². The van der Waals surface area contributed by atoms with E-state index in [0.717, 1.165) is 35.1 Å². The molecule has 1 aromatic heterocycles. The Morgan fingerprint density at radius 1 is 1.30 bits per heavy atom. The highest BCUT2D eigenvalue weighted by Gasteiger charge is 2.21. The molecule has 0 aliphatic heterocycles. The third kappa shape index (κ3) is 4.50. The Labute approximate surface area is 158 Å². The van der Waals surface area contributed by atoms with Gasteiger partial charge in [-0.05, 0) is 31.0 Å². The molecule has 2 aromatic rings. The van der Waals surface area contributed by atoms with Crippen molar-refractivity contribution >= 4 is 34.9 Å². The minimum atomic E-state index is -1.02. The number of nitrogens with zero attached hydrogens (tertiary/aromatic N) is 2. The Balaban J connectivity index is 2.37. The van der Waals surface area contributed by atoms with Gasteiger partial charge in [-0.1, -0.05) is 17.7 Å². The molecule has 0 radical (unpaired) electrons. The van der Waals surface area contributed by atoms with Gasteiger partial charge in [0.05, 0.1) is 28.3 Å². The van der Waals surface area contributed by atoms with Gasteiger partial charge in [-0.15, -0.1) is 0 Å². The van der Waals surface area contributed by atoms with E-state index < -0.39 is 34.6 Å². The minimum absolute atomic E-state index is 0.221. The number of halogens is 1. The maximum absolute atomic E-state index is 12.3. The standard InChI is InChI=1S/C17H16ClN3O6/c1-9-4-10(2)15(12(18)5-9)19-14(22)8-20-7-11(17(24)27-3)6-13(16(20)23)21(25)26/h4-7H,8H2,1-3H3,(H,19,22). The first-order valence-corrected chi connectivity index (χ1v) is 8.05. The van der Waals surface area contributed by atoms with Crippen LogP contribution in [0.4, 0.5) is 11.4 Å². The number of pyridine rings is 1. The van der Waals surface area contributed by atoms with Crippen molar-refractivity contribution in [3.63, 3.8) is 0 Å². The second-order valence-electron chi connectivity index (χ2n) is 5.78. The van der Waals surface area contributed by atoms with Gasteiger partial charge in [0.2, 0.25) is 5.91 Å². The molecular weight excluding hydrogens is 378 g/mol. The number of nitrogens with one attached hydrogen (secondary N) is 1. The first-order chi connectivity index (χ1) is 12.6. The average molecular weight is 394 g/mol. The zero-order valence-corrected chi connectivity index (χ0v) is 15.5. The second kappa shape index (κ2) is 8.00. The Hall–Kier alpha value is -3.20. The number of anilines is 1. The molecule has 0 aliphatic rings. The van der Waals surface area contributed by atoms with Crippen LogP contribution in [0.5, 0.6) is 0 Å². The van der Waals surface area contributed by atoms with E-state index in [1.165, 1.54) is 0 Å². The molecule has 1 N–H and O–H groups in total. The summed E-state index contributed by atoms with van der Waals surface area (Å²) in [5, 5.41) is 14.0. The molecule has 27 heavy (non-hydrogen) atoms. The van der Waals surface area contributed by atoms with E-state index in [4.69, 9.17) is 11.6 Å². The number of nitro groups is 1. The van der Waals surface area contributed by atoms with Crippen LogP contribution in [-0.2, 0) is 16.1 Å². The Kier molecular flexibility index (Phi) is 5.96. The number of methoxy groups -OCH3 is 1. The molecule has 0 saturated heterocycles. The summed E-state index contributed by atoms with van der Waals surface area (Å²) < 4.78 is 5.29. The van der Waals surface area contributed by atoms with Crippen LogP contribution < -0.4 is 10.9 Å². The van der Waals surface area contributed by atoms with Crippen LogP contribution in [0.15, 0.2) is 29.2 Å². The third-order valence-electron chi connectivity index (χ3n) is 3.70. The Morgan fingerprint density at radius 3 is 2.52 bits per heavy atom. The van der Waals surface area contributed by atoms with Crippen molar-refractivity contribution < 1.29 is 19.2 Å². The Morgan fingerprint density at radius 2 is 1.96 bits per heavy atom. The van der Waals surface area contributed by atoms with Crippen LogP contribution in [0, 0.1) is 24.0 Å². The van der Waals surface area contributed by atoms with Crippen molar-refractivity contribution in [1.29, 1.82) is 0 Å². The number of ether oxygens (including phenoxy) is 1. The maximum Gasteiger partial charge on any atom is 0.339 e. The summed E-state index contributed by atoms with van der Waals surface area (Å²) in [7, 11) is 1.10. The first-order valence-electron chi connectivity index (χ1n) is 7.67. The molecule has 2 rings (SSSR count). The van der Waals surface area contributed by atoms with Crippen molar-refractivity contribution in [3.8, 4) is 0 Å². The molecule has 0 spiro atoms. The average Bonchev–Trinajstić information content (AvgIpc) is 2.58. The molecule has 0 aliphatic carbocycles. The third-order valence-corrected chi connectivity index (χ3v) is 3.99. The van der Waals surface area contributed by atoms with Crippen LogP contribution in [0.1, 0.15) is 21.5 Å². The number of aromatic nitrogens is 1. The van der Waals surface area contributed by atoms with Gasteiger partial charge in [-0.25, -0.2) is 4.79 Å². The molecule has 1 amide bonds. The molecule has 142 valence electrons. The largest absolute Gasteiger partial charge is 0.465 e. The SMILES string of the molecule is COC(=O)c1cc([N+](=O)[O-])c(=O)n(CC(=O)Nc2c(C)cc(C)cc2Cl)c1. The van der Waals surface area contributed by atoms with E-state index >= 15 is 0 Å². The van der Waals surface area contributed by atoms with Crippen LogP contribution in [-0.4, -0.2) is 28.5 Å². The van der Waals surface area contributed by atoms with Gasteiger partial charge in [-0.2, -0.15) is 0 Å². The molecule has 0 bridgehead atoms. The number of hydrogen-bond donors (Lipinski definition) is 1. The molecule has 0 unspecified atom stereocenters. The fourth-order valence-corrected chi connectivity index (χ4v) is 2.87. The van der Waals surface area contributed by atoms with E-state index in [1.54, 1.807) is 13.0 Å². The van der Waals surface area contributed by atoms with Crippen LogP contribution in [0.2, 0.25) is 5.02 Å².